The average molecular weight is 417 g/mol. The van der Waals surface area contributed by atoms with E-state index < -0.39 is 5.60 Å². The molecule has 0 aromatic heterocycles. The van der Waals surface area contributed by atoms with Crippen molar-refractivity contribution < 1.29 is 14.9 Å². The fourth-order valence-corrected chi connectivity index (χ4v) is 9.12. The molecule has 0 aromatic rings. The van der Waals surface area contributed by atoms with Gasteiger partial charge >= 0.3 is 0 Å². The van der Waals surface area contributed by atoms with Crippen LogP contribution in [0.1, 0.15) is 98.8 Å². The summed E-state index contributed by atoms with van der Waals surface area (Å²) in [6.45, 7) is 12.2. The first kappa shape index (κ1) is 21.5. The maximum Gasteiger partial charge on any atom is 0.130 e. The number of hydrogen-bond acceptors (Lipinski definition) is 3. The molecule has 30 heavy (non-hydrogen) atoms. The van der Waals surface area contributed by atoms with Crippen LogP contribution in [0.15, 0.2) is 12.2 Å². The van der Waals surface area contributed by atoms with E-state index in [1.54, 1.807) is 0 Å². The zero-order chi connectivity index (χ0) is 21.4. The van der Waals surface area contributed by atoms with Gasteiger partial charge < -0.3 is 5.11 Å². The Morgan fingerprint density at radius 3 is 2.43 bits per heavy atom. The van der Waals surface area contributed by atoms with Gasteiger partial charge in [-0.2, -0.15) is 0 Å². The monoisotopic (exact) mass is 416 g/mol. The third-order valence-electron chi connectivity index (χ3n) is 10.8. The van der Waals surface area contributed by atoms with Gasteiger partial charge in [-0.25, -0.2) is 9.78 Å². The quantitative estimate of drug-likeness (QED) is 0.413. The average Bonchev–Trinajstić information content (AvgIpc) is 3.05. The lowest BCUT2D eigenvalue weighted by Gasteiger charge is -2.69. The molecule has 9 atom stereocenters. The lowest BCUT2D eigenvalue weighted by atomic mass is 9.42. The van der Waals surface area contributed by atoms with Gasteiger partial charge in [-0.3, -0.25) is 0 Å². The van der Waals surface area contributed by atoms with Crippen LogP contribution >= 0.6 is 0 Å². The molecule has 0 radical (unpaired) electrons. The second kappa shape index (κ2) is 7.06. The van der Waals surface area contributed by atoms with Gasteiger partial charge in [0.15, 0.2) is 0 Å². The summed E-state index contributed by atoms with van der Waals surface area (Å²) in [6, 6.07) is 0. The third-order valence-corrected chi connectivity index (χ3v) is 10.8. The van der Waals surface area contributed by atoms with Crippen LogP contribution in [0, 0.1) is 40.4 Å². The summed E-state index contributed by atoms with van der Waals surface area (Å²) in [4.78, 5) is 12.8. The van der Waals surface area contributed by atoms with E-state index in [1.165, 1.54) is 44.9 Å². The minimum atomic E-state index is -0.424. The molecule has 6 rings (SSSR count). The second-order valence-corrected chi connectivity index (χ2v) is 12.7. The van der Waals surface area contributed by atoms with E-state index in [9.17, 15) is 5.11 Å². The Labute approximate surface area is 183 Å². The lowest BCUT2D eigenvalue weighted by molar-refractivity contribution is -0.497. The summed E-state index contributed by atoms with van der Waals surface area (Å²) in [7, 11) is 0. The zero-order valence-corrected chi connectivity index (χ0v) is 20.0. The fraction of sp³-hybridized carbons (Fsp3) is 0.926. The van der Waals surface area contributed by atoms with Crippen molar-refractivity contribution in [1.82, 2.24) is 0 Å². The molecule has 170 valence electrons. The molecule has 3 heteroatoms. The molecular formula is C27H44O3. The van der Waals surface area contributed by atoms with Gasteiger partial charge in [-0.15, -0.1) is 0 Å². The molecule has 4 aliphatic carbocycles. The van der Waals surface area contributed by atoms with Crippen LogP contribution in [0.5, 0.6) is 0 Å². The number of aliphatic hydroxyl groups excluding tert-OH is 1. The molecule has 0 aromatic carbocycles. The Hall–Kier alpha value is -0.380. The van der Waals surface area contributed by atoms with E-state index in [0.29, 0.717) is 23.7 Å². The molecule has 1 N–H and O–H groups in total. The molecule has 2 spiro atoms. The SMILES string of the molecule is CC(C)CCC[C@@H](C)[C@H]1CC[C@@H]2[C@]1(C)CCC1[C@]23C=C[C@]2(CC(O)CC[C@]12C)OO3. The minimum Gasteiger partial charge on any atom is -0.393 e. The first-order valence-corrected chi connectivity index (χ1v) is 12.9. The highest BCUT2D eigenvalue weighted by atomic mass is 17.2. The number of rotatable bonds is 5. The fourth-order valence-electron chi connectivity index (χ4n) is 9.12. The van der Waals surface area contributed by atoms with E-state index >= 15 is 0 Å². The van der Waals surface area contributed by atoms with E-state index in [4.69, 9.17) is 9.78 Å². The maximum atomic E-state index is 10.4. The Bertz CT molecular complexity index is 702. The highest BCUT2D eigenvalue weighted by Crippen LogP contribution is 2.72. The number of aliphatic hydroxyl groups is 1. The van der Waals surface area contributed by atoms with Crippen LogP contribution in [0.4, 0.5) is 0 Å². The highest BCUT2D eigenvalue weighted by Gasteiger charge is 2.74. The molecule has 1 saturated heterocycles. The molecule has 2 heterocycles. The number of hydrogen-bond donors (Lipinski definition) is 1. The van der Waals surface area contributed by atoms with E-state index in [1.807, 2.05) is 0 Å². The molecule has 2 aliphatic heterocycles. The summed E-state index contributed by atoms with van der Waals surface area (Å²) < 4.78 is 0. The maximum absolute atomic E-state index is 10.4. The van der Waals surface area contributed by atoms with Crippen molar-refractivity contribution in [1.29, 1.82) is 0 Å². The van der Waals surface area contributed by atoms with Crippen LogP contribution < -0.4 is 0 Å². The summed E-state index contributed by atoms with van der Waals surface area (Å²) in [5, 5.41) is 10.4. The van der Waals surface area contributed by atoms with Crippen LogP contribution in [-0.2, 0) is 9.78 Å². The molecule has 4 fully saturated rings. The molecule has 3 nitrogen and oxygen atoms in total. The molecule has 3 saturated carbocycles. The molecule has 0 amide bonds. The predicted molar refractivity (Wildman–Crippen MR) is 120 cm³/mol. The van der Waals surface area contributed by atoms with Crippen molar-refractivity contribution in [3.05, 3.63) is 12.2 Å². The van der Waals surface area contributed by atoms with Gasteiger partial charge in [-0.1, -0.05) is 60.0 Å². The van der Waals surface area contributed by atoms with Crippen molar-refractivity contribution in [2.45, 2.75) is 116 Å². The van der Waals surface area contributed by atoms with Gasteiger partial charge in [0.05, 0.1) is 6.10 Å². The van der Waals surface area contributed by atoms with Gasteiger partial charge in [-0.05, 0) is 67.8 Å². The molecule has 6 aliphatic rings. The van der Waals surface area contributed by atoms with Crippen LogP contribution in [0.3, 0.4) is 0 Å². The van der Waals surface area contributed by atoms with Crippen LogP contribution in [0.25, 0.3) is 0 Å². The van der Waals surface area contributed by atoms with E-state index in [2.05, 4.69) is 46.8 Å². The van der Waals surface area contributed by atoms with Crippen molar-refractivity contribution in [3.8, 4) is 0 Å². The Morgan fingerprint density at radius 1 is 0.933 bits per heavy atom. The topological polar surface area (TPSA) is 38.7 Å². The van der Waals surface area contributed by atoms with Crippen molar-refractivity contribution >= 4 is 0 Å². The minimum absolute atomic E-state index is 0.0848. The van der Waals surface area contributed by atoms with Gasteiger partial charge in [0, 0.05) is 23.7 Å². The second-order valence-electron chi connectivity index (χ2n) is 12.7. The van der Waals surface area contributed by atoms with Crippen molar-refractivity contribution in [2.75, 3.05) is 0 Å². The summed E-state index contributed by atoms with van der Waals surface area (Å²) in [5.74, 6) is 3.48. The largest absolute Gasteiger partial charge is 0.393 e. The van der Waals surface area contributed by atoms with E-state index in [-0.39, 0.29) is 17.1 Å². The smallest absolute Gasteiger partial charge is 0.130 e. The van der Waals surface area contributed by atoms with Gasteiger partial charge in [0.2, 0.25) is 0 Å². The van der Waals surface area contributed by atoms with Crippen LogP contribution in [0.2, 0.25) is 0 Å². The van der Waals surface area contributed by atoms with Crippen molar-refractivity contribution in [3.63, 3.8) is 0 Å². The Kier molecular flexibility index (Phi) is 5.05. The van der Waals surface area contributed by atoms with Gasteiger partial charge in [0.25, 0.3) is 0 Å². The lowest BCUT2D eigenvalue weighted by Crippen LogP contribution is -2.73. The van der Waals surface area contributed by atoms with Crippen molar-refractivity contribution in [2.24, 2.45) is 40.4 Å². The highest BCUT2D eigenvalue weighted by molar-refractivity contribution is 5.33. The summed E-state index contributed by atoms with van der Waals surface area (Å²) in [5.41, 5.74) is -0.240. The standard InChI is InChI=1S/C27H44O3/c1-18(2)7-6-8-19(3)21-9-10-22-24(21,4)13-12-23-25(5)14-11-20(28)17-26(25)15-16-27(22,23)30-29-26/h15-16,18-23,28H,6-14,17H2,1-5H3/t19-,20?,21-,22-,23?,24-,25-,26-,27+/m1/s1. The summed E-state index contributed by atoms with van der Waals surface area (Å²) >= 11 is 0. The Balaban J connectivity index is 1.42. The third kappa shape index (κ3) is 2.73. The first-order chi connectivity index (χ1) is 14.2. The van der Waals surface area contributed by atoms with Gasteiger partial charge in [0.1, 0.15) is 11.2 Å². The number of fused-ring (bicyclic) bond motifs is 2. The molecular weight excluding hydrogens is 372 g/mol. The predicted octanol–water partition coefficient (Wildman–Crippen LogP) is 6.45. The first-order valence-electron chi connectivity index (χ1n) is 12.9. The molecule has 2 bridgehead atoms. The normalized spacial score (nSPS) is 52.8. The Morgan fingerprint density at radius 2 is 1.73 bits per heavy atom. The zero-order valence-electron chi connectivity index (χ0n) is 20.0. The summed E-state index contributed by atoms with van der Waals surface area (Å²) in [6.07, 6.45) is 16.4. The van der Waals surface area contributed by atoms with E-state index in [0.717, 1.165) is 30.6 Å². The van der Waals surface area contributed by atoms with Crippen LogP contribution in [-0.4, -0.2) is 22.4 Å². The molecule has 2 unspecified atom stereocenters.